The first-order valence-corrected chi connectivity index (χ1v) is 13.5. The Morgan fingerprint density at radius 1 is 0.833 bits per heavy atom. The van der Waals surface area contributed by atoms with Crippen molar-refractivity contribution in [1.29, 1.82) is 5.26 Å². The third-order valence-corrected chi connectivity index (χ3v) is 6.70. The molecule has 1 aliphatic heterocycles. The molecule has 3 unspecified atom stereocenters. The second-order valence-corrected chi connectivity index (χ2v) is 9.83. The summed E-state index contributed by atoms with van der Waals surface area (Å²) in [6.07, 6.45) is -4.90. The Hall–Kier alpha value is -4.43. The molecule has 0 aromatic heterocycles. The molecule has 5 atom stereocenters. The van der Waals surface area contributed by atoms with Crippen molar-refractivity contribution >= 4 is 23.9 Å². The Morgan fingerprint density at radius 3 is 1.93 bits per heavy atom. The van der Waals surface area contributed by atoms with Gasteiger partial charge in [-0.25, -0.2) is 0 Å². The van der Waals surface area contributed by atoms with Gasteiger partial charge in [0.2, 0.25) is 0 Å². The van der Waals surface area contributed by atoms with E-state index in [9.17, 15) is 24.4 Å². The van der Waals surface area contributed by atoms with Gasteiger partial charge >= 0.3 is 23.9 Å². The van der Waals surface area contributed by atoms with Crippen LogP contribution in [0.25, 0.3) is 0 Å². The van der Waals surface area contributed by atoms with Crippen LogP contribution in [0.4, 0.5) is 0 Å². The lowest BCUT2D eigenvalue weighted by Crippen LogP contribution is -2.59. The second-order valence-electron chi connectivity index (χ2n) is 9.83. The van der Waals surface area contributed by atoms with Crippen LogP contribution in [0.5, 0.6) is 5.75 Å². The monoisotopic (exact) mass is 581 g/mol. The Kier molecular flexibility index (Phi) is 11.0. The first-order valence-electron chi connectivity index (χ1n) is 13.5. The number of methoxy groups -OCH3 is 1. The topological polar surface area (TPSA) is 147 Å². The molecule has 1 saturated heterocycles. The minimum Gasteiger partial charge on any atom is -0.496 e. The smallest absolute Gasteiger partial charge is 0.303 e. The van der Waals surface area contributed by atoms with Crippen LogP contribution in [-0.4, -0.2) is 62.0 Å². The molecule has 224 valence electrons. The largest absolute Gasteiger partial charge is 0.496 e. The number of carbonyl (C=O) groups excluding carboxylic acids is 4. The number of benzene rings is 2. The van der Waals surface area contributed by atoms with E-state index in [0.717, 1.165) is 25.8 Å². The highest BCUT2D eigenvalue weighted by Crippen LogP contribution is 2.42. The third kappa shape index (κ3) is 8.07. The number of nitrogens with zero attached hydrogens (tertiary/aromatic N) is 1. The van der Waals surface area contributed by atoms with Gasteiger partial charge in [0, 0.05) is 33.3 Å². The second kappa shape index (κ2) is 14.5. The molecule has 1 heterocycles. The zero-order valence-corrected chi connectivity index (χ0v) is 24.5. The fourth-order valence-corrected chi connectivity index (χ4v) is 4.88. The van der Waals surface area contributed by atoms with E-state index in [1.165, 1.54) is 26.5 Å². The number of rotatable bonds is 10. The summed E-state index contributed by atoms with van der Waals surface area (Å²) in [6, 6.07) is 13.5. The molecule has 1 aliphatic rings. The molecule has 42 heavy (non-hydrogen) atoms. The Labute approximate surface area is 244 Å². The van der Waals surface area contributed by atoms with E-state index in [-0.39, 0.29) is 12.4 Å². The zero-order chi connectivity index (χ0) is 31.0. The summed E-state index contributed by atoms with van der Waals surface area (Å²) in [5, 5.41) is 9.93. The van der Waals surface area contributed by atoms with E-state index in [1.807, 2.05) is 24.3 Å². The lowest BCUT2D eigenvalue weighted by molar-refractivity contribution is -0.254. The SMILES string of the molecule is CCc1ccc(Cc2cc(C3OC(COC(C)=O)[C@@H](OC(C)=O)C(OC(C)=O)[C@H]3OC(C)=O)c(OC)cc2C#N)cc1. The normalized spacial score (nSPS) is 21.4. The van der Waals surface area contributed by atoms with Crippen molar-refractivity contribution in [3.05, 3.63) is 64.2 Å². The number of esters is 4. The molecule has 0 spiro atoms. The maximum Gasteiger partial charge on any atom is 0.303 e. The molecule has 0 bridgehead atoms. The van der Waals surface area contributed by atoms with Crippen molar-refractivity contribution in [1.82, 2.24) is 0 Å². The zero-order valence-electron chi connectivity index (χ0n) is 24.5. The van der Waals surface area contributed by atoms with Crippen LogP contribution in [0.2, 0.25) is 0 Å². The van der Waals surface area contributed by atoms with Crippen LogP contribution in [0, 0.1) is 11.3 Å². The van der Waals surface area contributed by atoms with Crippen LogP contribution in [0.15, 0.2) is 36.4 Å². The summed E-state index contributed by atoms with van der Waals surface area (Å²) in [6.45, 7) is 6.40. The van der Waals surface area contributed by atoms with Gasteiger partial charge in [-0.2, -0.15) is 5.26 Å². The molecule has 3 rings (SSSR count). The highest BCUT2D eigenvalue weighted by molar-refractivity contribution is 5.69. The summed E-state index contributed by atoms with van der Waals surface area (Å²) in [7, 11) is 1.41. The van der Waals surface area contributed by atoms with Gasteiger partial charge in [-0.15, -0.1) is 0 Å². The standard InChI is InChI=1S/C31H35NO10/c1-7-21-8-10-22(11-9-21)12-23-13-25(26(37-6)14-24(23)15-32)28-30(40-19(4)35)31(41-20(5)36)29(39-18(3)34)27(42-28)16-38-17(2)33/h8-11,13-14,27-31H,7,12,16H2,1-6H3/t27?,28?,29-,30+,31?/m1/s1. The van der Waals surface area contributed by atoms with Crippen LogP contribution in [-0.2, 0) is 55.7 Å². The molecule has 0 N–H and O–H groups in total. The van der Waals surface area contributed by atoms with Gasteiger partial charge in [0.25, 0.3) is 0 Å². The van der Waals surface area contributed by atoms with E-state index >= 15 is 0 Å². The van der Waals surface area contributed by atoms with E-state index in [4.69, 9.17) is 28.4 Å². The van der Waals surface area contributed by atoms with Crippen molar-refractivity contribution in [2.24, 2.45) is 0 Å². The van der Waals surface area contributed by atoms with Crippen molar-refractivity contribution < 1.29 is 47.6 Å². The van der Waals surface area contributed by atoms with Crippen molar-refractivity contribution in [3.8, 4) is 11.8 Å². The van der Waals surface area contributed by atoms with Gasteiger partial charge in [0.1, 0.15) is 24.6 Å². The molecular weight excluding hydrogens is 546 g/mol. The summed E-state index contributed by atoms with van der Waals surface area (Å²) < 4.78 is 33.8. The summed E-state index contributed by atoms with van der Waals surface area (Å²) in [5.41, 5.74) is 3.52. The third-order valence-electron chi connectivity index (χ3n) is 6.70. The van der Waals surface area contributed by atoms with E-state index in [2.05, 4.69) is 13.0 Å². The molecule has 11 heteroatoms. The molecule has 2 aromatic rings. The Balaban J connectivity index is 2.19. The van der Waals surface area contributed by atoms with E-state index in [1.54, 1.807) is 12.1 Å². The first kappa shape index (κ1) is 32.1. The van der Waals surface area contributed by atoms with Gasteiger partial charge < -0.3 is 28.4 Å². The van der Waals surface area contributed by atoms with Crippen LogP contribution >= 0.6 is 0 Å². The molecule has 0 saturated carbocycles. The minimum absolute atomic E-state index is 0.248. The Bertz CT molecular complexity index is 1350. The first-order chi connectivity index (χ1) is 20.0. The van der Waals surface area contributed by atoms with E-state index in [0.29, 0.717) is 23.1 Å². The summed E-state index contributed by atoms with van der Waals surface area (Å²) in [5.74, 6) is -2.53. The Morgan fingerprint density at radius 2 is 1.40 bits per heavy atom. The molecule has 0 amide bonds. The number of nitriles is 1. The number of carbonyl (C=O) groups is 4. The van der Waals surface area contributed by atoms with Gasteiger partial charge in [-0.1, -0.05) is 31.2 Å². The highest BCUT2D eigenvalue weighted by atomic mass is 16.7. The molecule has 0 radical (unpaired) electrons. The molecular formula is C31H35NO10. The van der Waals surface area contributed by atoms with Crippen molar-refractivity contribution in [2.75, 3.05) is 13.7 Å². The number of ether oxygens (including phenoxy) is 6. The lowest BCUT2D eigenvalue weighted by Gasteiger charge is -2.44. The van der Waals surface area contributed by atoms with Gasteiger partial charge in [-0.3, -0.25) is 19.2 Å². The minimum atomic E-state index is -1.33. The maximum atomic E-state index is 12.3. The van der Waals surface area contributed by atoms with Crippen LogP contribution < -0.4 is 4.74 Å². The van der Waals surface area contributed by atoms with E-state index < -0.39 is 54.4 Å². The van der Waals surface area contributed by atoms with Gasteiger partial charge in [-0.05, 0) is 41.7 Å². The number of hydrogen-bond acceptors (Lipinski definition) is 11. The van der Waals surface area contributed by atoms with Crippen LogP contribution in [0.3, 0.4) is 0 Å². The molecule has 0 aliphatic carbocycles. The number of aryl methyl sites for hydroxylation is 1. The highest BCUT2D eigenvalue weighted by Gasteiger charge is 2.53. The molecule has 1 fully saturated rings. The van der Waals surface area contributed by atoms with Gasteiger partial charge in [0.05, 0.1) is 18.7 Å². The maximum absolute atomic E-state index is 12.3. The summed E-state index contributed by atoms with van der Waals surface area (Å²) in [4.78, 5) is 48.2. The average molecular weight is 582 g/mol. The van der Waals surface area contributed by atoms with Crippen molar-refractivity contribution in [2.45, 2.75) is 78.0 Å². The fraction of sp³-hybridized carbons (Fsp3) is 0.452. The predicted octanol–water partition coefficient (Wildman–Crippen LogP) is 3.52. The molecule has 2 aromatic carbocycles. The predicted molar refractivity (Wildman–Crippen MR) is 147 cm³/mol. The van der Waals surface area contributed by atoms with Crippen molar-refractivity contribution in [3.63, 3.8) is 0 Å². The number of hydrogen-bond donors (Lipinski definition) is 0. The average Bonchev–Trinajstić information content (AvgIpc) is 2.93. The fourth-order valence-electron chi connectivity index (χ4n) is 4.88. The molecule has 11 nitrogen and oxygen atoms in total. The quantitative estimate of drug-likeness (QED) is 0.300. The summed E-state index contributed by atoms with van der Waals surface area (Å²) >= 11 is 0. The lowest BCUT2D eigenvalue weighted by atomic mass is 9.87. The van der Waals surface area contributed by atoms with Gasteiger partial charge in [0.15, 0.2) is 18.3 Å². The van der Waals surface area contributed by atoms with Crippen LogP contribution in [0.1, 0.15) is 68.5 Å².